The Kier molecular flexibility index (Phi) is 5.57. The maximum absolute atomic E-state index is 11.4. The minimum Gasteiger partial charge on any atom is -0.480 e. The second-order valence-corrected chi connectivity index (χ2v) is 7.38. The molecule has 0 fully saturated rings. The van der Waals surface area contributed by atoms with E-state index in [9.17, 15) is 18.3 Å². The van der Waals surface area contributed by atoms with Crippen molar-refractivity contribution < 1.29 is 23.4 Å². The molecule has 0 bridgehead atoms. The largest absolute Gasteiger partial charge is 0.480 e. The maximum atomic E-state index is 11.4. The van der Waals surface area contributed by atoms with E-state index in [1.807, 2.05) is 20.8 Å². The smallest absolute Gasteiger partial charge is 0.323 e. The number of carbonyl (C=O) groups is 1. The van der Waals surface area contributed by atoms with Gasteiger partial charge in [-0.15, -0.1) is 0 Å². The van der Waals surface area contributed by atoms with Crippen molar-refractivity contribution in [2.45, 2.75) is 45.5 Å². The van der Waals surface area contributed by atoms with Crippen LogP contribution in [0, 0.1) is 5.41 Å². The molecule has 0 rings (SSSR count). The molecule has 0 spiro atoms. The number of aliphatic hydroxyl groups excluding tert-OH is 1. The lowest BCUT2D eigenvalue weighted by molar-refractivity contribution is -0.136. The van der Waals surface area contributed by atoms with E-state index in [-0.39, 0.29) is 12.0 Å². The van der Waals surface area contributed by atoms with Gasteiger partial charge in [-0.1, -0.05) is 20.8 Å². The van der Waals surface area contributed by atoms with Gasteiger partial charge in [0.15, 0.2) is 5.25 Å². The lowest BCUT2D eigenvalue weighted by Crippen LogP contribution is -2.41. The minimum atomic E-state index is -3.92. The van der Waals surface area contributed by atoms with Crippen LogP contribution in [0.15, 0.2) is 0 Å². The Balaban J connectivity index is 4.34. The highest BCUT2D eigenvalue weighted by Gasteiger charge is 2.28. The second-order valence-electron chi connectivity index (χ2n) is 5.29. The van der Waals surface area contributed by atoms with Gasteiger partial charge in [-0.3, -0.25) is 4.79 Å². The molecule has 0 heterocycles. The third-order valence-corrected chi connectivity index (χ3v) is 3.88. The first-order valence-corrected chi connectivity index (χ1v) is 6.90. The van der Waals surface area contributed by atoms with Gasteiger partial charge in [0, 0.05) is 6.54 Å². The van der Waals surface area contributed by atoms with Gasteiger partial charge < -0.3 is 10.2 Å². The summed E-state index contributed by atoms with van der Waals surface area (Å²) < 4.78 is 25.0. The Morgan fingerprint density at radius 2 is 1.82 bits per heavy atom. The highest BCUT2D eigenvalue weighted by Crippen LogP contribution is 2.20. The van der Waals surface area contributed by atoms with Crippen LogP contribution in [0.4, 0.5) is 0 Å². The van der Waals surface area contributed by atoms with Gasteiger partial charge in [0.25, 0.3) is 0 Å². The molecular weight excluding hydrogens is 246 g/mol. The van der Waals surface area contributed by atoms with Crippen molar-refractivity contribution in [3.63, 3.8) is 0 Å². The molecular formula is C10H21NO5S. The second kappa shape index (κ2) is 5.79. The van der Waals surface area contributed by atoms with Gasteiger partial charge in [0.05, 0.1) is 6.10 Å². The third kappa shape index (κ3) is 6.60. The minimum absolute atomic E-state index is 0.122. The summed E-state index contributed by atoms with van der Waals surface area (Å²) in [6.45, 7) is 6.68. The molecule has 3 N–H and O–H groups in total. The van der Waals surface area contributed by atoms with E-state index in [4.69, 9.17) is 5.11 Å². The van der Waals surface area contributed by atoms with Crippen molar-refractivity contribution in [3.8, 4) is 0 Å². The number of hydrogen-bond acceptors (Lipinski definition) is 4. The average molecular weight is 267 g/mol. The molecule has 17 heavy (non-hydrogen) atoms. The summed E-state index contributed by atoms with van der Waals surface area (Å²) >= 11 is 0. The normalized spacial score (nSPS) is 16.5. The third-order valence-electron chi connectivity index (χ3n) is 2.18. The van der Waals surface area contributed by atoms with E-state index in [1.165, 1.54) is 0 Å². The zero-order valence-electron chi connectivity index (χ0n) is 10.6. The number of carboxylic acid groups (broad SMARTS) is 1. The average Bonchev–Trinajstić information content (AvgIpc) is 2.11. The van der Waals surface area contributed by atoms with Crippen LogP contribution in [0.1, 0.15) is 34.1 Å². The molecule has 2 atom stereocenters. The summed E-state index contributed by atoms with van der Waals surface area (Å²) in [6, 6.07) is 0. The number of aliphatic carboxylic acids is 1. The van der Waals surface area contributed by atoms with E-state index in [1.54, 1.807) is 0 Å². The number of hydrogen-bond donors (Lipinski definition) is 3. The van der Waals surface area contributed by atoms with E-state index < -0.39 is 27.3 Å². The van der Waals surface area contributed by atoms with Crippen LogP contribution in [0.5, 0.6) is 0 Å². The number of rotatable bonds is 6. The van der Waals surface area contributed by atoms with Crippen molar-refractivity contribution in [3.05, 3.63) is 0 Å². The fourth-order valence-electron chi connectivity index (χ4n) is 1.25. The van der Waals surface area contributed by atoms with Crippen LogP contribution < -0.4 is 4.72 Å². The monoisotopic (exact) mass is 267 g/mol. The molecule has 102 valence electrons. The SMILES string of the molecule is CC(C(=O)O)S(=O)(=O)NCC(O)CC(C)(C)C. The molecule has 0 amide bonds. The van der Waals surface area contributed by atoms with Crippen LogP contribution in [-0.2, 0) is 14.8 Å². The van der Waals surface area contributed by atoms with Gasteiger partial charge in [0.1, 0.15) is 0 Å². The van der Waals surface area contributed by atoms with Crippen LogP contribution in [0.2, 0.25) is 0 Å². The molecule has 0 saturated heterocycles. The summed E-state index contributed by atoms with van der Waals surface area (Å²) in [4.78, 5) is 10.5. The molecule has 0 aromatic heterocycles. The highest BCUT2D eigenvalue weighted by atomic mass is 32.2. The molecule has 0 aromatic carbocycles. The van der Waals surface area contributed by atoms with Crippen molar-refractivity contribution >= 4 is 16.0 Å². The van der Waals surface area contributed by atoms with Crippen molar-refractivity contribution in [2.75, 3.05) is 6.54 Å². The van der Waals surface area contributed by atoms with Crippen molar-refractivity contribution in [1.29, 1.82) is 0 Å². The van der Waals surface area contributed by atoms with Crippen LogP contribution >= 0.6 is 0 Å². The Labute approximate surface area is 102 Å². The molecule has 7 heteroatoms. The van der Waals surface area contributed by atoms with E-state index >= 15 is 0 Å². The molecule has 0 aromatic rings. The quantitative estimate of drug-likeness (QED) is 0.636. The summed E-state index contributed by atoms with van der Waals surface area (Å²) in [5, 5.41) is 16.7. The van der Waals surface area contributed by atoms with Crippen LogP contribution in [0.25, 0.3) is 0 Å². The van der Waals surface area contributed by atoms with Gasteiger partial charge in [-0.2, -0.15) is 0 Å². The van der Waals surface area contributed by atoms with Crippen LogP contribution in [0.3, 0.4) is 0 Å². The zero-order valence-corrected chi connectivity index (χ0v) is 11.4. The lowest BCUT2D eigenvalue weighted by Gasteiger charge is -2.22. The number of sulfonamides is 1. The molecule has 6 nitrogen and oxygen atoms in total. The van der Waals surface area contributed by atoms with Gasteiger partial charge in [0.2, 0.25) is 10.0 Å². The van der Waals surface area contributed by atoms with Gasteiger partial charge in [-0.25, -0.2) is 13.1 Å². The fraction of sp³-hybridized carbons (Fsp3) is 0.900. The molecule has 0 aliphatic rings. The Morgan fingerprint density at radius 3 is 2.18 bits per heavy atom. The lowest BCUT2D eigenvalue weighted by atomic mass is 9.89. The number of carboxylic acids is 1. The zero-order chi connectivity index (χ0) is 13.9. The molecule has 0 radical (unpaired) electrons. The maximum Gasteiger partial charge on any atom is 0.323 e. The van der Waals surface area contributed by atoms with Crippen molar-refractivity contribution in [1.82, 2.24) is 4.72 Å². The summed E-state index contributed by atoms with van der Waals surface area (Å²) in [5.41, 5.74) is -0.122. The topological polar surface area (TPSA) is 104 Å². The predicted molar refractivity (Wildman–Crippen MR) is 64.1 cm³/mol. The fourth-order valence-corrected chi connectivity index (χ4v) is 2.19. The first-order chi connectivity index (χ1) is 7.46. The molecule has 0 aliphatic carbocycles. The summed E-state index contributed by atoms with van der Waals surface area (Å²) in [6.07, 6.45) is -0.400. The van der Waals surface area contributed by atoms with Crippen LogP contribution in [-0.4, -0.2) is 42.5 Å². The number of aliphatic hydroxyl groups is 1. The predicted octanol–water partition coefficient (Wildman–Crippen LogP) is 0.176. The first-order valence-electron chi connectivity index (χ1n) is 5.35. The Bertz CT molecular complexity index is 357. The molecule has 0 aliphatic heterocycles. The standard InChI is InChI=1S/C10H21NO5S/c1-7(9(13)14)17(15,16)11-6-8(12)5-10(2,3)4/h7-8,11-12H,5-6H2,1-4H3,(H,13,14). The summed E-state index contributed by atoms with van der Waals surface area (Å²) in [7, 11) is -3.92. The highest BCUT2D eigenvalue weighted by molar-refractivity contribution is 7.90. The number of nitrogens with one attached hydrogen (secondary N) is 1. The Hall–Kier alpha value is -0.660. The van der Waals surface area contributed by atoms with Gasteiger partial charge in [-0.05, 0) is 18.8 Å². The Morgan fingerprint density at radius 1 is 1.35 bits per heavy atom. The van der Waals surface area contributed by atoms with E-state index in [0.29, 0.717) is 6.42 Å². The molecule has 0 saturated carbocycles. The van der Waals surface area contributed by atoms with Gasteiger partial charge >= 0.3 is 5.97 Å². The van der Waals surface area contributed by atoms with E-state index in [2.05, 4.69) is 4.72 Å². The van der Waals surface area contributed by atoms with E-state index in [0.717, 1.165) is 6.92 Å². The van der Waals surface area contributed by atoms with Crippen molar-refractivity contribution in [2.24, 2.45) is 5.41 Å². The molecule has 2 unspecified atom stereocenters. The first kappa shape index (κ1) is 16.3. The summed E-state index contributed by atoms with van der Waals surface area (Å²) in [5.74, 6) is -1.41.